The number of hydrogen-bond acceptors (Lipinski definition) is 4. The van der Waals surface area contributed by atoms with Gasteiger partial charge in [0.05, 0.1) is 11.0 Å². The second-order valence-electron chi connectivity index (χ2n) is 4.97. The third kappa shape index (κ3) is 3.78. The lowest BCUT2D eigenvalue weighted by Crippen LogP contribution is -2.32. The van der Waals surface area contributed by atoms with Crippen LogP contribution >= 0.6 is 0 Å². The molecule has 1 aromatic rings. The topological polar surface area (TPSA) is 98.5 Å². The fourth-order valence-corrected chi connectivity index (χ4v) is 3.11. The van der Waals surface area contributed by atoms with E-state index in [9.17, 15) is 17.6 Å². The van der Waals surface area contributed by atoms with E-state index in [4.69, 9.17) is 9.88 Å². The first-order valence-corrected chi connectivity index (χ1v) is 8.06. The molecule has 8 heteroatoms. The maximum absolute atomic E-state index is 13.5. The molecule has 1 amide bonds. The van der Waals surface area contributed by atoms with E-state index in [2.05, 4.69) is 5.32 Å². The molecular weight excluding hydrogens is 299 g/mol. The van der Waals surface area contributed by atoms with Crippen molar-refractivity contribution in [1.82, 2.24) is 5.32 Å². The summed E-state index contributed by atoms with van der Waals surface area (Å²) in [4.78, 5) is 11.7. The zero-order chi connectivity index (χ0) is 15.6. The molecule has 1 aromatic carbocycles. The van der Waals surface area contributed by atoms with Gasteiger partial charge in [0.2, 0.25) is 10.0 Å². The summed E-state index contributed by atoms with van der Waals surface area (Å²) in [6, 6.07) is 1.80. The molecule has 3 N–H and O–H groups in total. The molecule has 6 nitrogen and oxygen atoms in total. The molecule has 1 heterocycles. The number of benzene rings is 1. The summed E-state index contributed by atoms with van der Waals surface area (Å²) in [6.07, 6.45) is 1.74. The number of carbonyl (C=O) groups is 1. The Morgan fingerprint density at radius 3 is 2.81 bits per heavy atom. The summed E-state index contributed by atoms with van der Waals surface area (Å²) in [7, 11) is -4.09. The minimum atomic E-state index is -4.09. The van der Waals surface area contributed by atoms with E-state index >= 15 is 0 Å². The Morgan fingerprint density at radius 2 is 2.24 bits per heavy atom. The van der Waals surface area contributed by atoms with E-state index in [-0.39, 0.29) is 22.1 Å². The Morgan fingerprint density at radius 1 is 1.52 bits per heavy atom. The van der Waals surface area contributed by atoms with E-state index in [0.29, 0.717) is 13.2 Å². The van der Waals surface area contributed by atoms with Gasteiger partial charge in [-0.2, -0.15) is 0 Å². The van der Waals surface area contributed by atoms with Crippen molar-refractivity contribution in [3.05, 3.63) is 29.1 Å². The first kappa shape index (κ1) is 15.9. The average molecular weight is 316 g/mol. The van der Waals surface area contributed by atoms with Crippen molar-refractivity contribution >= 4 is 15.9 Å². The van der Waals surface area contributed by atoms with Crippen LogP contribution in [-0.4, -0.2) is 33.6 Å². The molecule has 0 saturated carbocycles. The van der Waals surface area contributed by atoms with Gasteiger partial charge in [0.15, 0.2) is 0 Å². The highest BCUT2D eigenvalue weighted by atomic mass is 32.2. The smallest absolute Gasteiger partial charge is 0.251 e. The van der Waals surface area contributed by atoms with Gasteiger partial charge in [-0.25, -0.2) is 17.9 Å². The number of rotatable bonds is 4. The Bertz CT molecular complexity index is 654. The lowest BCUT2D eigenvalue weighted by atomic mass is 10.1. The maximum Gasteiger partial charge on any atom is 0.251 e. The van der Waals surface area contributed by atoms with Crippen molar-refractivity contribution in [3.63, 3.8) is 0 Å². The van der Waals surface area contributed by atoms with Gasteiger partial charge in [-0.15, -0.1) is 0 Å². The molecule has 1 atom stereocenters. The highest BCUT2D eigenvalue weighted by Gasteiger charge is 2.21. The van der Waals surface area contributed by atoms with Gasteiger partial charge < -0.3 is 10.1 Å². The predicted octanol–water partition coefficient (Wildman–Crippen LogP) is 0.690. The summed E-state index contributed by atoms with van der Waals surface area (Å²) in [5.74, 6) is -1.38. The minimum absolute atomic E-state index is 0.0444. The zero-order valence-electron chi connectivity index (χ0n) is 11.6. The molecule has 0 spiro atoms. The summed E-state index contributed by atoms with van der Waals surface area (Å²) in [5, 5.41) is 7.64. The third-order valence-corrected chi connectivity index (χ3v) is 4.43. The fourth-order valence-electron chi connectivity index (χ4n) is 2.29. The summed E-state index contributed by atoms with van der Waals surface area (Å²) in [6.45, 7) is 2.38. The number of nitrogens with one attached hydrogen (secondary N) is 1. The molecule has 0 aliphatic carbocycles. The number of hydrogen-bond donors (Lipinski definition) is 2. The van der Waals surface area contributed by atoms with Crippen LogP contribution in [0.15, 0.2) is 17.0 Å². The van der Waals surface area contributed by atoms with Gasteiger partial charge in [0, 0.05) is 18.7 Å². The van der Waals surface area contributed by atoms with Crippen LogP contribution in [0, 0.1) is 12.7 Å². The zero-order valence-corrected chi connectivity index (χ0v) is 12.4. The summed E-state index contributed by atoms with van der Waals surface area (Å²) >= 11 is 0. The van der Waals surface area contributed by atoms with Crippen LogP contribution in [0.4, 0.5) is 4.39 Å². The van der Waals surface area contributed by atoms with E-state index < -0.39 is 21.7 Å². The molecule has 0 aromatic heterocycles. The van der Waals surface area contributed by atoms with Crippen molar-refractivity contribution in [1.29, 1.82) is 0 Å². The van der Waals surface area contributed by atoms with Gasteiger partial charge in [-0.05, 0) is 37.5 Å². The van der Waals surface area contributed by atoms with Crippen LogP contribution in [0.25, 0.3) is 0 Å². The first-order chi connectivity index (χ1) is 9.79. The Hall–Kier alpha value is -1.51. The van der Waals surface area contributed by atoms with E-state index in [1.54, 1.807) is 0 Å². The molecule has 1 aliphatic heterocycles. The van der Waals surface area contributed by atoms with Crippen molar-refractivity contribution in [3.8, 4) is 0 Å². The van der Waals surface area contributed by atoms with Crippen molar-refractivity contribution in [2.75, 3.05) is 13.2 Å². The minimum Gasteiger partial charge on any atom is -0.376 e. The van der Waals surface area contributed by atoms with Crippen molar-refractivity contribution in [2.45, 2.75) is 30.8 Å². The van der Waals surface area contributed by atoms with Crippen LogP contribution in [0.3, 0.4) is 0 Å². The highest BCUT2D eigenvalue weighted by molar-refractivity contribution is 7.89. The van der Waals surface area contributed by atoms with Gasteiger partial charge in [-0.3, -0.25) is 4.79 Å². The quantitative estimate of drug-likeness (QED) is 0.854. The Balaban J connectivity index is 2.22. The number of halogens is 1. The predicted molar refractivity (Wildman–Crippen MR) is 73.8 cm³/mol. The standard InChI is InChI=1S/C13H17FN2O4S/c1-8-11(5-9(14)6-12(8)21(15,18)19)13(17)16-7-10-3-2-4-20-10/h5-6,10H,2-4,7H2,1H3,(H,16,17)(H2,15,18,19). The lowest BCUT2D eigenvalue weighted by Gasteiger charge is -2.13. The summed E-state index contributed by atoms with van der Waals surface area (Å²) in [5.41, 5.74) is 0.0840. The Kier molecular flexibility index (Phi) is 4.60. The van der Waals surface area contributed by atoms with E-state index in [0.717, 1.165) is 25.0 Å². The van der Waals surface area contributed by atoms with Crippen LogP contribution in [0.1, 0.15) is 28.8 Å². The Labute approximate surface area is 122 Å². The number of carbonyl (C=O) groups excluding carboxylic acids is 1. The normalized spacial score (nSPS) is 18.7. The number of sulfonamides is 1. The number of nitrogens with two attached hydrogens (primary N) is 1. The van der Waals surface area contributed by atoms with Gasteiger partial charge in [0.25, 0.3) is 5.91 Å². The van der Waals surface area contributed by atoms with E-state index in [1.165, 1.54) is 6.92 Å². The number of primary sulfonamides is 1. The fraction of sp³-hybridized carbons (Fsp3) is 0.462. The second kappa shape index (κ2) is 6.08. The van der Waals surface area contributed by atoms with Gasteiger partial charge >= 0.3 is 0 Å². The van der Waals surface area contributed by atoms with Gasteiger partial charge in [-0.1, -0.05) is 0 Å². The van der Waals surface area contributed by atoms with Gasteiger partial charge in [0.1, 0.15) is 5.82 Å². The second-order valence-corrected chi connectivity index (χ2v) is 6.50. The molecule has 1 unspecified atom stereocenters. The third-order valence-electron chi connectivity index (χ3n) is 3.39. The molecule has 1 aliphatic rings. The van der Waals surface area contributed by atoms with Crippen LogP contribution in [0.5, 0.6) is 0 Å². The van der Waals surface area contributed by atoms with Crippen LogP contribution in [-0.2, 0) is 14.8 Å². The maximum atomic E-state index is 13.5. The molecular formula is C13H17FN2O4S. The molecule has 116 valence electrons. The van der Waals surface area contributed by atoms with Crippen LogP contribution in [0.2, 0.25) is 0 Å². The number of ether oxygens (including phenoxy) is 1. The average Bonchev–Trinajstić information content (AvgIpc) is 2.90. The van der Waals surface area contributed by atoms with Crippen molar-refractivity contribution in [2.24, 2.45) is 5.14 Å². The lowest BCUT2D eigenvalue weighted by molar-refractivity contribution is 0.0856. The largest absolute Gasteiger partial charge is 0.376 e. The summed E-state index contributed by atoms with van der Waals surface area (Å²) < 4.78 is 41.7. The molecule has 1 fully saturated rings. The highest BCUT2D eigenvalue weighted by Crippen LogP contribution is 2.20. The first-order valence-electron chi connectivity index (χ1n) is 6.52. The number of amides is 1. The van der Waals surface area contributed by atoms with E-state index in [1.807, 2.05) is 0 Å². The SMILES string of the molecule is Cc1c(C(=O)NCC2CCCO2)cc(F)cc1S(N)(=O)=O. The molecule has 0 radical (unpaired) electrons. The molecule has 0 bridgehead atoms. The molecule has 21 heavy (non-hydrogen) atoms. The molecule has 2 rings (SSSR count). The van der Waals surface area contributed by atoms with Crippen LogP contribution < -0.4 is 10.5 Å². The monoisotopic (exact) mass is 316 g/mol. The van der Waals surface area contributed by atoms with Crippen molar-refractivity contribution < 1.29 is 22.3 Å². The molecule has 1 saturated heterocycles.